The number of fused-ring (bicyclic) bond motifs is 7. The van der Waals surface area contributed by atoms with Crippen molar-refractivity contribution in [1.29, 1.82) is 0 Å². The molecule has 4 heteroatoms. The first-order valence-corrected chi connectivity index (χ1v) is 31.2. The van der Waals surface area contributed by atoms with Crippen LogP contribution in [0.4, 0.5) is 68.2 Å². The minimum absolute atomic E-state index is 0.134. The van der Waals surface area contributed by atoms with Gasteiger partial charge in [0.25, 0.3) is 0 Å². The van der Waals surface area contributed by atoms with Crippen LogP contribution in [0.1, 0.15) is 36.8 Å². The van der Waals surface area contributed by atoms with Gasteiger partial charge in [0.05, 0.1) is 11.4 Å². The SMILES string of the molecule is c1ccc(N(c2ccccc2)c2ccc(-c3ccc(N(c4ccc5c(c4)C4(CCCC4)c4cc(N(c6ccc(-c7ccc(N(c8ccccc8)c8ccccc8)cc7)cc6)c6cccc7ccccc67)ccc4-5)c4cccc5ccccc45)cc3)cc2)cc1. The monoisotopic (exact) mass is 1140 g/mol. The van der Waals surface area contributed by atoms with E-state index < -0.39 is 0 Å². The minimum Gasteiger partial charge on any atom is -0.311 e. The lowest BCUT2D eigenvalue weighted by molar-refractivity contribution is 0.550. The molecule has 16 rings (SSSR count). The van der Waals surface area contributed by atoms with Gasteiger partial charge in [0.1, 0.15) is 0 Å². The third-order valence-electron chi connectivity index (χ3n) is 18.5. The van der Waals surface area contributed by atoms with Crippen molar-refractivity contribution in [3.05, 3.63) is 351 Å². The van der Waals surface area contributed by atoms with Gasteiger partial charge < -0.3 is 19.6 Å². The van der Waals surface area contributed by atoms with Crippen molar-refractivity contribution >= 4 is 89.8 Å². The molecule has 0 heterocycles. The van der Waals surface area contributed by atoms with E-state index in [0.717, 1.165) is 81.1 Å². The summed E-state index contributed by atoms with van der Waals surface area (Å²) in [5, 5.41) is 4.87. The quantitative estimate of drug-likeness (QED) is 0.108. The molecule has 2 aliphatic carbocycles. The highest BCUT2D eigenvalue weighted by molar-refractivity contribution is 6.02. The maximum atomic E-state index is 2.55. The van der Waals surface area contributed by atoms with E-state index in [1.54, 1.807) is 0 Å². The van der Waals surface area contributed by atoms with E-state index in [2.05, 4.69) is 359 Å². The van der Waals surface area contributed by atoms with Crippen molar-refractivity contribution < 1.29 is 0 Å². The Morgan fingerprint density at radius 2 is 0.483 bits per heavy atom. The first kappa shape index (κ1) is 53.3. The van der Waals surface area contributed by atoms with Crippen LogP contribution >= 0.6 is 0 Å². The molecule has 14 aromatic carbocycles. The van der Waals surface area contributed by atoms with Crippen LogP contribution in [0.3, 0.4) is 0 Å². The summed E-state index contributed by atoms with van der Waals surface area (Å²) in [6.45, 7) is 0. The van der Waals surface area contributed by atoms with Crippen molar-refractivity contribution in [3.8, 4) is 33.4 Å². The lowest BCUT2D eigenvalue weighted by Crippen LogP contribution is -2.22. The molecule has 1 saturated carbocycles. The Hall–Kier alpha value is -11.2. The lowest BCUT2D eigenvalue weighted by atomic mass is 9.76. The van der Waals surface area contributed by atoms with Gasteiger partial charge in [0, 0.05) is 73.1 Å². The molecule has 0 atom stereocenters. The average molecular weight is 1140 g/mol. The van der Waals surface area contributed by atoms with Crippen LogP contribution in [0, 0.1) is 0 Å². The van der Waals surface area contributed by atoms with E-state index in [1.807, 2.05) is 0 Å². The van der Waals surface area contributed by atoms with Gasteiger partial charge in [-0.05, 0) is 202 Å². The van der Waals surface area contributed by atoms with Gasteiger partial charge in [-0.25, -0.2) is 0 Å². The molecule has 1 fully saturated rings. The fraction of sp³-hybridized carbons (Fsp3) is 0.0588. The van der Waals surface area contributed by atoms with Crippen LogP contribution < -0.4 is 19.6 Å². The lowest BCUT2D eigenvalue weighted by Gasteiger charge is -2.32. The number of nitrogens with zero attached hydrogens (tertiary/aromatic N) is 4. The zero-order valence-corrected chi connectivity index (χ0v) is 49.4. The van der Waals surface area contributed by atoms with Crippen molar-refractivity contribution in [1.82, 2.24) is 0 Å². The van der Waals surface area contributed by atoms with Gasteiger partial charge in [-0.1, -0.05) is 219 Å². The van der Waals surface area contributed by atoms with E-state index >= 15 is 0 Å². The van der Waals surface area contributed by atoms with Crippen molar-refractivity contribution in [3.63, 3.8) is 0 Å². The Bertz CT molecular complexity index is 4420. The molecular formula is C85H64N4. The molecule has 0 aliphatic heterocycles. The zero-order valence-electron chi connectivity index (χ0n) is 49.4. The number of hydrogen-bond acceptors (Lipinski definition) is 4. The molecule has 0 aromatic heterocycles. The Labute approximate surface area is 521 Å². The maximum Gasteiger partial charge on any atom is 0.0540 e. The van der Waals surface area contributed by atoms with E-state index in [0.29, 0.717) is 0 Å². The molecule has 424 valence electrons. The predicted molar refractivity (Wildman–Crippen MR) is 376 cm³/mol. The third-order valence-corrected chi connectivity index (χ3v) is 18.5. The molecule has 0 radical (unpaired) electrons. The van der Waals surface area contributed by atoms with E-state index in [-0.39, 0.29) is 5.41 Å². The molecule has 89 heavy (non-hydrogen) atoms. The molecular weight excluding hydrogens is 1080 g/mol. The first-order valence-electron chi connectivity index (χ1n) is 31.2. The van der Waals surface area contributed by atoms with E-state index in [4.69, 9.17) is 0 Å². The Balaban J connectivity index is 0.753. The molecule has 0 saturated heterocycles. The molecule has 14 aromatic rings. The standard InChI is InChI=1S/C85H64N4/c1-5-25-67(26-6-1)86(68-27-7-2-8-28-68)71-45-37-61(38-46-71)63-41-49-73(50-42-63)88(83-35-19-23-65-21-13-15-33-77(65)83)75-53-55-79-80-56-54-76(60-82(80)85(81(79)59-75)57-17-18-58-85)89(84-36-20-24-66-22-14-16-34-78(66)84)74-51-43-64(44-52-74)62-39-47-72(48-40-62)87(69-29-9-3-10-30-69)70-31-11-4-12-32-70/h1-16,19-56,59-60H,17-18,57-58H2. The molecule has 0 amide bonds. The van der Waals surface area contributed by atoms with Gasteiger partial charge in [-0.2, -0.15) is 0 Å². The maximum absolute atomic E-state index is 2.55. The molecule has 4 nitrogen and oxygen atoms in total. The van der Waals surface area contributed by atoms with Crippen LogP contribution in [0.5, 0.6) is 0 Å². The van der Waals surface area contributed by atoms with Crippen molar-refractivity contribution in [2.45, 2.75) is 31.1 Å². The molecule has 0 bridgehead atoms. The number of rotatable bonds is 14. The van der Waals surface area contributed by atoms with Crippen LogP contribution in [-0.4, -0.2) is 0 Å². The third kappa shape index (κ3) is 9.76. The number of hydrogen-bond donors (Lipinski definition) is 0. The van der Waals surface area contributed by atoms with Crippen LogP contribution in [0.25, 0.3) is 54.9 Å². The second-order valence-corrected chi connectivity index (χ2v) is 23.6. The summed E-state index contributed by atoms with van der Waals surface area (Å²) in [5.41, 5.74) is 23.7. The summed E-state index contributed by atoms with van der Waals surface area (Å²) in [6.07, 6.45) is 4.58. The highest BCUT2D eigenvalue weighted by Crippen LogP contribution is 2.59. The topological polar surface area (TPSA) is 13.0 Å². The van der Waals surface area contributed by atoms with Gasteiger partial charge >= 0.3 is 0 Å². The average Bonchev–Trinajstić information content (AvgIpc) is 1.60. The fourth-order valence-corrected chi connectivity index (χ4v) is 14.3. The van der Waals surface area contributed by atoms with Gasteiger partial charge in [-0.15, -0.1) is 0 Å². The zero-order chi connectivity index (χ0) is 59.1. The second kappa shape index (κ2) is 22.9. The minimum atomic E-state index is -0.134. The summed E-state index contributed by atoms with van der Waals surface area (Å²) < 4.78 is 0. The van der Waals surface area contributed by atoms with Crippen molar-refractivity contribution in [2.75, 3.05) is 19.6 Å². The molecule has 2 aliphatic rings. The Morgan fingerprint density at radius 3 is 0.820 bits per heavy atom. The molecule has 0 N–H and O–H groups in total. The Kier molecular flexibility index (Phi) is 13.7. The Morgan fingerprint density at radius 1 is 0.213 bits per heavy atom. The van der Waals surface area contributed by atoms with Gasteiger partial charge in [0.15, 0.2) is 0 Å². The smallest absolute Gasteiger partial charge is 0.0540 e. The largest absolute Gasteiger partial charge is 0.311 e. The number of benzene rings is 14. The van der Waals surface area contributed by atoms with Gasteiger partial charge in [0.2, 0.25) is 0 Å². The molecule has 1 spiro atoms. The highest BCUT2D eigenvalue weighted by Gasteiger charge is 2.46. The van der Waals surface area contributed by atoms with E-state index in [9.17, 15) is 0 Å². The van der Waals surface area contributed by atoms with Crippen LogP contribution in [0.15, 0.2) is 340 Å². The highest BCUT2D eigenvalue weighted by atomic mass is 15.2. The summed E-state index contributed by atoms with van der Waals surface area (Å²) in [5.74, 6) is 0. The normalized spacial score (nSPS) is 12.9. The van der Waals surface area contributed by atoms with Crippen molar-refractivity contribution in [2.24, 2.45) is 0 Å². The van der Waals surface area contributed by atoms with Crippen LogP contribution in [0.2, 0.25) is 0 Å². The second-order valence-electron chi connectivity index (χ2n) is 23.6. The predicted octanol–water partition coefficient (Wildman–Crippen LogP) is 24.0. The number of anilines is 12. The van der Waals surface area contributed by atoms with Crippen LogP contribution in [-0.2, 0) is 5.41 Å². The fourth-order valence-electron chi connectivity index (χ4n) is 14.3. The summed E-state index contributed by atoms with van der Waals surface area (Å²) >= 11 is 0. The summed E-state index contributed by atoms with van der Waals surface area (Å²) in [7, 11) is 0. The van der Waals surface area contributed by atoms with E-state index in [1.165, 1.54) is 78.9 Å². The molecule has 0 unspecified atom stereocenters. The first-order chi connectivity index (χ1) is 44.1. The number of para-hydroxylation sites is 4. The summed E-state index contributed by atoms with van der Waals surface area (Å²) in [4.78, 5) is 9.61. The summed E-state index contributed by atoms with van der Waals surface area (Å²) in [6, 6.07) is 124. The van der Waals surface area contributed by atoms with Gasteiger partial charge in [-0.3, -0.25) is 0 Å².